The van der Waals surface area contributed by atoms with Crippen molar-refractivity contribution in [2.45, 2.75) is 25.6 Å². The average Bonchev–Trinajstić information content (AvgIpc) is 3.53. The van der Waals surface area contributed by atoms with E-state index in [4.69, 9.17) is 4.98 Å². The first-order valence-corrected chi connectivity index (χ1v) is 10.8. The molecule has 0 amide bonds. The van der Waals surface area contributed by atoms with E-state index in [9.17, 15) is 19.1 Å². The van der Waals surface area contributed by atoms with Crippen LogP contribution in [0.4, 0.5) is 14.5 Å². The van der Waals surface area contributed by atoms with Crippen LogP contribution < -0.4 is 10.6 Å². The van der Waals surface area contributed by atoms with Crippen LogP contribution in [0.2, 0.25) is 0 Å². The van der Waals surface area contributed by atoms with Crippen molar-refractivity contribution in [3.8, 4) is 23.1 Å². The molecule has 0 spiro atoms. The lowest BCUT2D eigenvalue weighted by atomic mass is 10.0. The van der Waals surface area contributed by atoms with Crippen molar-refractivity contribution in [3.05, 3.63) is 53.4 Å². The Morgan fingerprint density at radius 3 is 2.91 bits per heavy atom. The second kappa shape index (κ2) is 8.81. The number of aromatic nitrogens is 5. The van der Waals surface area contributed by atoms with Gasteiger partial charge in [-0.2, -0.15) is 10.4 Å². The Balaban J connectivity index is 1.61. The second-order valence-electron chi connectivity index (χ2n) is 8.20. The molecule has 3 aromatic heterocycles. The Morgan fingerprint density at radius 1 is 1.32 bits per heavy atom. The van der Waals surface area contributed by atoms with Crippen LogP contribution in [0.3, 0.4) is 0 Å². The van der Waals surface area contributed by atoms with E-state index in [0.29, 0.717) is 46.8 Å². The number of aliphatic hydroxyl groups excluding tert-OH is 1. The Morgan fingerprint density at radius 2 is 2.18 bits per heavy atom. The lowest BCUT2D eigenvalue weighted by molar-refractivity contribution is 0.299. The van der Waals surface area contributed by atoms with Gasteiger partial charge in [0.1, 0.15) is 30.2 Å². The highest BCUT2D eigenvalue weighted by Crippen LogP contribution is 2.30. The van der Waals surface area contributed by atoms with E-state index in [1.54, 1.807) is 23.6 Å². The molecule has 4 heterocycles. The van der Waals surface area contributed by atoms with Crippen LogP contribution >= 0.6 is 0 Å². The van der Waals surface area contributed by atoms with Crippen LogP contribution in [0.5, 0.6) is 0 Å². The summed E-state index contributed by atoms with van der Waals surface area (Å²) in [5, 5.41) is 31.8. The number of aromatic amines is 1. The van der Waals surface area contributed by atoms with Gasteiger partial charge in [-0.05, 0) is 31.0 Å². The Kier molecular flexibility index (Phi) is 5.69. The number of halogens is 2. The molecule has 4 aromatic rings. The van der Waals surface area contributed by atoms with Crippen LogP contribution in [0.25, 0.3) is 28.1 Å². The number of pyridine rings is 1. The van der Waals surface area contributed by atoms with Crippen LogP contribution in [0.15, 0.2) is 30.6 Å². The highest BCUT2D eigenvalue weighted by Gasteiger charge is 2.27. The number of H-pyrrole nitrogens is 1. The number of hydrogen-bond acceptors (Lipinski definition) is 7. The number of nitrogens with zero attached hydrogens (tertiary/aromatic N) is 5. The normalized spacial score (nSPS) is 17.9. The highest BCUT2D eigenvalue weighted by atomic mass is 19.1. The highest BCUT2D eigenvalue weighted by molar-refractivity contribution is 5.82. The molecular weight excluding hydrogens is 442 g/mol. The minimum absolute atomic E-state index is 0.0826. The van der Waals surface area contributed by atoms with Crippen LogP contribution in [-0.2, 0) is 6.42 Å². The fourth-order valence-corrected chi connectivity index (χ4v) is 4.26. The summed E-state index contributed by atoms with van der Waals surface area (Å²) in [5.74, 6) is -0.0244. The Bertz CT molecular complexity index is 1410. The molecular formula is C23H22F2N8O. The van der Waals surface area contributed by atoms with E-state index in [1.807, 2.05) is 6.07 Å². The largest absolute Gasteiger partial charge is 0.396 e. The molecule has 1 fully saturated rings. The number of alkyl halides is 1. The van der Waals surface area contributed by atoms with E-state index in [0.717, 1.165) is 5.56 Å². The van der Waals surface area contributed by atoms with Gasteiger partial charge in [0.05, 0.1) is 34.0 Å². The van der Waals surface area contributed by atoms with Crippen molar-refractivity contribution < 1.29 is 13.9 Å². The minimum atomic E-state index is -1.11. The SMILES string of the molecule is Cc1[nH]nc(C#N)c1-c1nc(-n2cnc3cc(F)c(N[C@@H]4CNC[C@@H]4F)cc32)ccc1CCO. The standard InChI is InChI=1S/C23H22F2N8O/c1-12-22(18(8-26)32-31-12)23-13(4-5-34)2-3-21(30-23)33-11-28-17-6-14(24)16(7-20(17)33)29-19-10-27-9-15(19)25/h2-3,6-7,11,15,19,27,29,34H,4-5,9-10H2,1H3,(H,31,32)/t15-,19+/m0/s1. The molecule has 9 nitrogen and oxygen atoms in total. The molecule has 0 radical (unpaired) electrons. The maximum absolute atomic E-state index is 14.7. The van der Waals surface area contributed by atoms with E-state index in [-0.39, 0.29) is 24.5 Å². The Labute approximate surface area is 193 Å². The van der Waals surface area contributed by atoms with Crippen molar-refractivity contribution in [2.75, 3.05) is 25.0 Å². The van der Waals surface area contributed by atoms with Crippen molar-refractivity contribution in [3.63, 3.8) is 0 Å². The number of aliphatic hydroxyl groups is 1. The predicted molar refractivity (Wildman–Crippen MR) is 122 cm³/mol. The summed E-state index contributed by atoms with van der Waals surface area (Å²) < 4.78 is 30.4. The molecule has 0 aliphatic carbocycles. The van der Waals surface area contributed by atoms with Gasteiger partial charge < -0.3 is 15.7 Å². The van der Waals surface area contributed by atoms with Crippen LogP contribution in [0.1, 0.15) is 17.0 Å². The molecule has 1 saturated heterocycles. The maximum Gasteiger partial charge on any atom is 0.171 e. The molecule has 5 rings (SSSR count). The van der Waals surface area contributed by atoms with Gasteiger partial charge in [-0.25, -0.2) is 18.7 Å². The molecule has 4 N–H and O–H groups in total. The van der Waals surface area contributed by atoms with Gasteiger partial charge in [-0.3, -0.25) is 9.67 Å². The summed E-state index contributed by atoms with van der Waals surface area (Å²) in [4.78, 5) is 9.08. The van der Waals surface area contributed by atoms with E-state index in [2.05, 4.69) is 31.9 Å². The van der Waals surface area contributed by atoms with Crippen molar-refractivity contribution in [1.29, 1.82) is 5.26 Å². The minimum Gasteiger partial charge on any atom is -0.396 e. The van der Waals surface area contributed by atoms with Crippen LogP contribution in [-0.4, -0.2) is 61.7 Å². The molecule has 0 unspecified atom stereocenters. The fourth-order valence-electron chi connectivity index (χ4n) is 4.26. The lowest BCUT2D eigenvalue weighted by Gasteiger charge is -2.16. The number of nitrogens with one attached hydrogen (secondary N) is 3. The third-order valence-corrected chi connectivity index (χ3v) is 6.00. The molecule has 0 saturated carbocycles. The van der Waals surface area contributed by atoms with Crippen LogP contribution in [0, 0.1) is 24.1 Å². The molecule has 0 bridgehead atoms. The predicted octanol–water partition coefficient (Wildman–Crippen LogP) is 2.39. The van der Waals surface area contributed by atoms with E-state index >= 15 is 0 Å². The Hall–Kier alpha value is -3.88. The van der Waals surface area contributed by atoms with Gasteiger partial charge >= 0.3 is 0 Å². The maximum atomic E-state index is 14.7. The molecule has 11 heteroatoms. The zero-order valence-electron chi connectivity index (χ0n) is 18.3. The van der Waals surface area contributed by atoms with Crippen molar-refractivity contribution in [1.82, 2.24) is 30.0 Å². The molecule has 34 heavy (non-hydrogen) atoms. The number of aryl methyl sites for hydroxylation is 1. The first-order valence-electron chi connectivity index (χ1n) is 10.8. The number of imidazole rings is 1. The molecule has 174 valence electrons. The zero-order chi connectivity index (χ0) is 23.8. The number of nitriles is 1. The molecule has 1 aliphatic heterocycles. The monoisotopic (exact) mass is 464 g/mol. The van der Waals surface area contributed by atoms with Gasteiger partial charge in [0.25, 0.3) is 0 Å². The molecule has 2 atom stereocenters. The summed E-state index contributed by atoms with van der Waals surface area (Å²) >= 11 is 0. The second-order valence-corrected chi connectivity index (χ2v) is 8.20. The third-order valence-electron chi connectivity index (χ3n) is 6.00. The van der Waals surface area contributed by atoms with Crippen molar-refractivity contribution >= 4 is 16.7 Å². The average molecular weight is 464 g/mol. The zero-order valence-corrected chi connectivity index (χ0v) is 18.3. The summed E-state index contributed by atoms with van der Waals surface area (Å²) in [6.45, 7) is 2.34. The number of hydrogen-bond donors (Lipinski definition) is 4. The quantitative estimate of drug-likeness (QED) is 0.345. The molecule has 1 aliphatic rings. The summed E-state index contributed by atoms with van der Waals surface area (Å²) in [5.41, 5.74) is 3.91. The topological polar surface area (TPSA) is 127 Å². The van der Waals surface area contributed by atoms with Gasteiger partial charge in [0.2, 0.25) is 0 Å². The number of anilines is 1. The summed E-state index contributed by atoms with van der Waals surface area (Å²) in [6, 6.07) is 8.04. The van der Waals surface area contributed by atoms with Gasteiger partial charge in [-0.15, -0.1) is 0 Å². The summed E-state index contributed by atoms with van der Waals surface area (Å²) in [7, 11) is 0. The van der Waals surface area contributed by atoms with Gasteiger partial charge in [0.15, 0.2) is 5.69 Å². The molecule has 1 aromatic carbocycles. The first-order chi connectivity index (χ1) is 16.5. The smallest absolute Gasteiger partial charge is 0.171 e. The lowest BCUT2D eigenvalue weighted by Crippen LogP contribution is -2.29. The van der Waals surface area contributed by atoms with Gasteiger partial charge in [-0.1, -0.05) is 6.07 Å². The van der Waals surface area contributed by atoms with Crippen molar-refractivity contribution in [2.24, 2.45) is 0 Å². The summed E-state index contributed by atoms with van der Waals surface area (Å²) in [6.07, 6.45) is 0.770. The fraction of sp³-hybridized carbons (Fsp3) is 0.304. The number of rotatable bonds is 6. The number of benzene rings is 1. The first kappa shape index (κ1) is 21.9. The third kappa shape index (κ3) is 3.76. The number of fused-ring (bicyclic) bond motifs is 1. The van der Waals surface area contributed by atoms with Gasteiger partial charge in [0, 0.05) is 31.5 Å². The van der Waals surface area contributed by atoms with E-state index in [1.165, 1.54) is 12.4 Å². The van der Waals surface area contributed by atoms with E-state index < -0.39 is 18.0 Å².